The van der Waals surface area contributed by atoms with E-state index < -0.39 is 6.10 Å². The van der Waals surface area contributed by atoms with Crippen LogP contribution < -0.4 is 4.90 Å². The maximum absolute atomic E-state index is 12.3. The first-order valence-electron chi connectivity index (χ1n) is 9.55. The summed E-state index contributed by atoms with van der Waals surface area (Å²) in [5, 5.41) is 10.6. The molecular formula is C22H26NO3+. The van der Waals surface area contributed by atoms with Crippen molar-refractivity contribution in [2.75, 3.05) is 6.54 Å². The van der Waals surface area contributed by atoms with Gasteiger partial charge in [-0.2, -0.15) is 0 Å². The lowest BCUT2D eigenvalue weighted by atomic mass is 9.98. The Balaban J connectivity index is 1.36. The molecule has 0 amide bonds. The van der Waals surface area contributed by atoms with Crippen molar-refractivity contribution in [2.45, 2.75) is 50.0 Å². The smallest absolute Gasteiger partial charge is 0.338 e. The molecule has 2 bridgehead atoms. The molecule has 0 radical (unpaired) electrons. The maximum Gasteiger partial charge on any atom is 0.338 e. The van der Waals surface area contributed by atoms with Gasteiger partial charge in [0.1, 0.15) is 18.8 Å². The normalized spacial score (nSPS) is 28.5. The predicted octanol–water partition coefficient (Wildman–Crippen LogP) is 2.16. The number of aliphatic hydroxyl groups excluding tert-OH is 1. The van der Waals surface area contributed by atoms with E-state index in [1.165, 1.54) is 4.90 Å². The molecule has 2 aromatic carbocycles. The zero-order valence-corrected chi connectivity index (χ0v) is 14.9. The van der Waals surface area contributed by atoms with Crippen LogP contribution in [0.1, 0.15) is 47.7 Å². The summed E-state index contributed by atoms with van der Waals surface area (Å²) in [6.45, 7) is 0.735. The highest BCUT2D eigenvalue weighted by atomic mass is 16.5. The number of ether oxygens (including phenoxy) is 1. The highest BCUT2D eigenvalue weighted by molar-refractivity contribution is 5.89. The van der Waals surface area contributed by atoms with Gasteiger partial charge in [0.2, 0.25) is 0 Å². The Labute approximate surface area is 154 Å². The van der Waals surface area contributed by atoms with Crippen molar-refractivity contribution in [1.82, 2.24) is 0 Å². The molecule has 2 aliphatic rings. The maximum atomic E-state index is 12.3. The molecule has 26 heavy (non-hydrogen) atoms. The van der Waals surface area contributed by atoms with Crippen molar-refractivity contribution in [3.63, 3.8) is 0 Å². The van der Waals surface area contributed by atoms with Crippen molar-refractivity contribution >= 4 is 5.97 Å². The van der Waals surface area contributed by atoms with E-state index in [4.69, 9.17) is 4.74 Å². The van der Waals surface area contributed by atoms with Gasteiger partial charge in [-0.25, -0.2) is 4.79 Å². The van der Waals surface area contributed by atoms with Gasteiger partial charge in [-0.05, 0) is 17.7 Å². The van der Waals surface area contributed by atoms with Crippen molar-refractivity contribution < 1.29 is 19.5 Å². The Kier molecular flexibility index (Phi) is 5.05. The van der Waals surface area contributed by atoms with E-state index in [0.29, 0.717) is 17.6 Å². The standard InChI is InChI=1S/C22H25NO3/c24-21(16-7-3-1-4-8-16)15-23-18-11-12-19(23)14-20(13-18)26-22(25)17-9-5-2-6-10-17/h1-10,18-21,24H,11-15H2/p+1. The molecular weight excluding hydrogens is 326 g/mol. The molecule has 4 rings (SSSR count). The quantitative estimate of drug-likeness (QED) is 0.811. The summed E-state index contributed by atoms with van der Waals surface area (Å²) in [5.74, 6) is -0.220. The summed E-state index contributed by atoms with van der Waals surface area (Å²) < 4.78 is 5.78. The summed E-state index contributed by atoms with van der Waals surface area (Å²) in [7, 11) is 0. The monoisotopic (exact) mass is 352 g/mol. The molecule has 2 saturated heterocycles. The summed E-state index contributed by atoms with van der Waals surface area (Å²) in [5.41, 5.74) is 1.60. The molecule has 3 unspecified atom stereocenters. The van der Waals surface area contributed by atoms with Crippen LogP contribution in [0.3, 0.4) is 0 Å². The van der Waals surface area contributed by atoms with Crippen molar-refractivity contribution in [1.29, 1.82) is 0 Å². The zero-order valence-electron chi connectivity index (χ0n) is 14.9. The van der Waals surface area contributed by atoms with Crippen molar-refractivity contribution in [3.8, 4) is 0 Å². The molecule has 0 aliphatic carbocycles. The number of rotatable bonds is 5. The Morgan fingerprint density at radius 2 is 1.58 bits per heavy atom. The Morgan fingerprint density at radius 3 is 2.19 bits per heavy atom. The number of esters is 1. The number of carbonyl (C=O) groups excluding carboxylic acids is 1. The zero-order chi connectivity index (χ0) is 17.9. The van der Waals surface area contributed by atoms with E-state index in [0.717, 1.165) is 37.8 Å². The first-order valence-corrected chi connectivity index (χ1v) is 9.55. The van der Waals surface area contributed by atoms with Crippen molar-refractivity contribution in [3.05, 3.63) is 71.8 Å². The number of hydrogen-bond acceptors (Lipinski definition) is 3. The molecule has 2 aromatic rings. The van der Waals surface area contributed by atoms with Crippen LogP contribution in [0.5, 0.6) is 0 Å². The molecule has 2 fully saturated rings. The van der Waals surface area contributed by atoms with Gasteiger partial charge in [0.25, 0.3) is 0 Å². The van der Waals surface area contributed by atoms with Crippen LogP contribution in [0, 0.1) is 0 Å². The van der Waals surface area contributed by atoms with Crippen LogP contribution in [-0.4, -0.2) is 35.8 Å². The summed E-state index contributed by atoms with van der Waals surface area (Å²) >= 11 is 0. The van der Waals surface area contributed by atoms with Crippen LogP contribution in [0.25, 0.3) is 0 Å². The highest BCUT2D eigenvalue weighted by Crippen LogP contribution is 2.26. The highest BCUT2D eigenvalue weighted by Gasteiger charge is 2.46. The number of aliphatic hydroxyl groups is 1. The third-order valence-electron chi connectivity index (χ3n) is 5.90. The minimum Gasteiger partial charge on any atom is -0.458 e. The number of benzene rings is 2. The van der Waals surface area contributed by atoms with Gasteiger partial charge in [-0.1, -0.05) is 48.5 Å². The van der Waals surface area contributed by atoms with Crippen LogP contribution in [0.15, 0.2) is 60.7 Å². The lowest BCUT2D eigenvalue weighted by Crippen LogP contribution is -3.18. The summed E-state index contributed by atoms with van der Waals surface area (Å²) in [6.07, 6.45) is 3.66. The number of piperidine rings is 1. The van der Waals surface area contributed by atoms with Gasteiger partial charge in [-0.3, -0.25) is 0 Å². The summed E-state index contributed by atoms with van der Waals surface area (Å²) in [6, 6.07) is 20.0. The second-order valence-electron chi connectivity index (χ2n) is 7.54. The topological polar surface area (TPSA) is 51.0 Å². The second-order valence-corrected chi connectivity index (χ2v) is 7.54. The largest absolute Gasteiger partial charge is 0.458 e. The molecule has 4 nitrogen and oxygen atoms in total. The lowest BCUT2D eigenvalue weighted by Gasteiger charge is -2.36. The molecule has 0 aromatic heterocycles. The minimum absolute atomic E-state index is 0.00201. The average molecular weight is 352 g/mol. The van der Waals surface area contributed by atoms with E-state index in [2.05, 4.69) is 0 Å². The third kappa shape index (κ3) is 3.67. The fourth-order valence-electron chi connectivity index (χ4n) is 4.62. The van der Waals surface area contributed by atoms with Gasteiger partial charge in [-0.15, -0.1) is 0 Å². The van der Waals surface area contributed by atoms with Crippen LogP contribution in [0.4, 0.5) is 0 Å². The fraction of sp³-hybridized carbons (Fsp3) is 0.409. The number of hydrogen-bond donors (Lipinski definition) is 2. The van der Waals surface area contributed by atoms with Gasteiger partial charge in [0.15, 0.2) is 0 Å². The van der Waals surface area contributed by atoms with Crippen molar-refractivity contribution in [2.24, 2.45) is 0 Å². The van der Waals surface area contributed by atoms with Gasteiger partial charge in [0.05, 0.1) is 17.6 Å². The molecule has 0 spiro atoms. The molecule has 2 heterocycles. The first kappa shape index (κ1) is 17.3. The number of carbonyl (C=O) groups is 1. The van der Waals surface area contributed by atoms with Crippen LogP contribution >= 0.6 is 0 Å². The predicted molar refractivity (Wildman–Crippen MR) is 98.9 cm³/mol. The van der Waals surface area contributed by atoms with E-state index in [1.807, 2.05) is 48.5 Å². The number of fused-ring (bicyclic) bond motifs is 2. The SMILES string of the molecule is O=C(OC1CC2CCC(C1)[NH+]2CC(O)c1ccccc1)c1ccccc1. The minimum atomic E-state index is -0.433. The van der Waals surface area contributed by atoms with E-state index in [1.54, 1.807) is 12.1 Å². The van der Waals surface area contributed by atoms with Gasteiger partial charge >= 0.3 is 5.97 Å². The van der Waals surface area contributed by atoms with Gasteiger partial charge < -0.3 is 14.7 Å². The number of nitrogens with one attached hydrogen (secondary N) is 1. The third-order valence-corrected chi connectivity index (χ3v) is 5.90. The molecule has 3 atom stereocenters. The van der Waals surface area contributed by atoms with Crippen LogP contribution in [-0.2, 0) is 4.74 Å². The summed E-state index contributed by atoms with van der Waals surface area (Å²) in [4.78, 5) is 13.8. The average Bonchev–Trinajstić information content (AvgIpc) is 2.91. The van der Waals surface area contributed by atoms with E-state index in [9.17, 15) is 9.90 Å². The fourth-order valence-corrected chi connectivity index (χ4v) is 4.62. The van der Waals surface area contributed by atoms with E-state index >= 15 is 0 Å². The molecule has 0 saturated carbocycles. The molecule has 2 aliphatic heterocycles. The second kappa shape index (κ2) is 7.60. The molecule has 2 N–H and O–H groups in total. The number of quaternary nitrogens is 1. The Bertz CT molecular complexity index is 720. The Morgan fingerprint density at radius 1 is 1.00 bits per heavy atom. The Hall–Kier alpha value is -2.17. The van der Waals surface area contributed by atoms with Gasteiger partial charge in [0, 0.05) is 25.7 Å². The van der Waals surface area contributed by atoms with Crippen LogP contribution in [0.2, 0.25) is 0 Å². The molecule has 136 valence electrons. The van der Waals surface area contributed by atoms with E-state index in [-0.39, 0.29) is 12.1 Å². The molecule has 4 heteroatoms. The first-order chi connectivity index (χ1) is 12.7. The lowest BCUT2D eigenvalue weighted by molar-refractivity contribution is -0.945.